The number of hydrogen-bond acceptors (Lipinski definition) is 5. The molecule has 1 fully saturated rings. The summed E-state index contributed by atoms with van der Waals surface area (Å²) in [5.41, 5.74) is 1.14. The van der Waals surface area contributed by atoms with Gasteiger partial charge in [-0.2, -0.15) is 0 Å². The second-order valence-corrected chi connectivity index (χ2v) is 7.70. The summed E-state index contributed by atoms with van der Waals surface area (Å²) >= 11 is 0. The molecule has 1 aromatic heterocycles. The summed E-state index contributed by atoms with van der Waals surface area (Å²) in [6, 6.07) is 15.9. The first-order valence-corrected chi connectivity index (χ1v) is 10.5. The van der Waals surface area contributed by atoms with E-state index in [1.165, 1.54) is 36.2 Å². The molecule has 1 aliphatic rings. The largest absolute Gasteiger partial charge is 0.348 e. The van der Waals surface area contributed by atoms with Crippen LogP contribution in [0.2, 0.25) is 0 Å². The van der Waals surface area contributed by atoms with Crippen LogP contribution in [0.15, 0.2) is 67.0 Å². The molecule has 164 valence electrons. The van der Waals surface area contributed by atoms with E-state index in [0.717, 1.165) is 32.5 Å². The van der Waals surface area contributed by atoms with E-state index in [9.17, 15) is 14.0 Å². The first-order valence-electron chi connectivity index (χ1n) is 10.5. The normalized spacial score (nSPS) is 14.7. The van der Waals surface area contributed by atoms with Gasteiger partial charge in [-0.25, -0.2) is 14.4 Å². The molecule has 0 spiro atoms. The van der Waals surface area contributed by atoms with Gasteiger partial charge in [0.2, 0.25) is 0 Å². The van der Waals surface area contributed by atoms with Gasteiger partial charge >= 0.3 is 0 Å². The lowest BCUT2D eigenvalue weighted by molar-refractivity contribution is 0.0904. The fraction of sp³-hybridized carbons (Fsp3) is 0.250. The zero-order valence-corrected chi connectivity index (χ0v) is 17.5. The van der Waals surface area contributed by atoms with Crippen molar-refractivity contribution in [3.63, 3.8) is 0 Å². The highest BCUT2D eigenvalue weighted by atomic mass is 19.1. The number of carbonyl (C=O) groups excluding carboxylic acids is 2. The maximum Gasteiger partial charge on any atom is 0.273 e. The number of likely N-dealkylation sites (tertiary alicyclic amines) is 1. The molecule has 0 aliphatic carbocycles. The average Bonchev–Trinajstić information content (AvgIpc) is 2.81. The second-order valence-electron chi connectivity index (χ2n) is 7.70. The van der Waals surface area contributed by atoms with Crippen molar-refractivity contribution in [2.45, 2.75) is 25.4 Å². The van der Waals surface area contributed by atoms with Crippen molar-refractivity contribution >= 4 is 17.6 Å². The van der Waals surface area contributed by atoms with Crippen molar-refractivity contribution in [3.8, 4) is 0 Å². The number of hydrogen-bond donors (Lipinski definition) is 2. The number of aromatic nitrogens is 2. The van der Waals surface area contributed by atoms with Crippen LogP contribution < -0.4 is 10.6 Å². The van der Waals surface area contributed by atoms with Crippen LogP contribution in [0.4, 0.5) is 10.2 Å². The molecule has 2 aromatic carbocycles. The molecule has 0 saturated carbocycles. The molecule has 32 heavy (non-hydrogen) atoms. The summed E-state index contributed by atoms with van der Waals surface area (Å²) in [5.74, 6) is -1.75. The Bertz CT molecular complexity index is 1080. The number of nitrogens with one attached hydrogen (secondary N) is 2. The van der Waals surface area contributed by atoms with Crippen LogP contribution in [0.25, 0.3) is 0 Å². The van der Waals surface area contributed by atoms with Gasteiger partial charge in [-0.1, -0.05) is 42.5 Å². The molecule has 2 amide bonds. The van der Waals surface area contributed by atoms with E-state index in [4.69, 9.17) is 0 Å². The molecule has 1 saturated heterocycles. The third kappa shape index (κ3) is 5.33. The topological polar surface area (TPSA) is 87.2 Å². The molecule has 7 nitrogen and oxygen atoms in total. The Morgan fingerprint density at radius 2 is 1.62 bits per heavy atom. The lowest BCUT2D eigenvalue weighted by atomic mass is 10.0. The van der Waals surface area contributed by atoms with Crippen LogP contribution in [0.1, 0.15) is 39.3 Å². The number of rotatable bonds is 6. The zero-order chi connectivity index (χ0) is 22.3. The van der Waals surface area contributed by atoms with E-state index in [-0.39, 0.29) is 23.1 Å². The van der Waals surface area contributed by atoms with Gasteiger partial charge in [0.25, 0.3) is 11.8 Å². The molecule has 0 bridgehead atoms. The SMILES string of the molecule is O=C(Nc1nccnc1C(=O)NC1CCN(Cc2ccccc2)CC1)c1ccccc1F. The maximum atomic E-state index is 13.9. The van der Waals surface area contributed by atoms with E-state index in [1.807, 2.05) is 18.2 Å². The van der Waals surface area contributed by atoms with E-state index in [1.54, 1.807) is 6.07 Å². The predicted molar refractivity (Wildman–Crippen MR) is 119 cm³/mol. The van der Waals surface area contributed by atoms with Crippen LogP contribution in [0.5, 0.6) is 0 Å². The molecule has 3 aromatic rings. The monoisotopic (exact) mass is 433 g/mol. The van der Waals surface area contributed by atoms with E-state index >= 15 is 0 Å². The minimum atomic E-state index is -0.688. The fourth-order valence-electron chi connectivity index (χ4n) is 3.75. The van der Waals surface area contributed by atoms with Crippen molar-refractivity contribution in [1.29, 1.82) is 0 Å². The number of carbonyl (C=O) groups is 2. The van der Waals surface area contributed by atoms with Gasteiger partial charge < -0.3 is 10.6 Å². The van der Waals surface area contributed by atoms with Crippen LogP contribution in [-0.2, 0) is 6.54 Å². The minimum absolute atomic E-state index is 0.000216. The summed E-state index contributed by atoms with van der Waals surface area (Å²) in [5, 5.41) is 5.49. The summed E-state index contributed by atoms with van der Waals surface area (Å²) < 4.78 is 13.9. The molecule has 2 N–H and O–H groups in total. The van der Waals surface area contributed by atoms with E-state index in [0.29, 0.717) is 0 Å². The smallest absolute Gasteiger partial charge is 0.273 e. The van der Waals surface area contributed by atoms with Gasteiger partial charge in [0.1, 0.15) is 5.82 Å². The fourth-order valence-corrected chi connectivity index (χ4v) is 3.75. The summed E-state index contributed by atoms with van der Waals surface area (Å²) in [6.45, 7) is 2.63. The highest BCUT2D eigenvalue weighted by Crippen LogP contribution is 2.16. The molecular formula is C24H24FN5O2. The van der Waals surface area contributed by atoms with Crippen molar-refractivity contribution in [2.24, 2.45) is 0 Å². The molecule has 0 radical (unpaired) electrons. The minimum Gasteiger partial charge on any atom is -0.348 e. The molecule has 0 unspecified atom stereocenters. The summed E-state index contributed by atoms with van der Waals surface area (Å²) in [7, 11) is 0. The van der Waals surface area contributed by atoms with Crippen LogP contribution in [0.3, 0.4) is 0 Å². The molecule has 1 aliphatic heterocycles. The predicted octanol–water partition coefficient (Wildman–Crippen LogP) is 3.26. The van der Waals surface area contributed by atoms with Gasteiger partial charge in [0.15, 0.2) is 11.5 Å². The Morgan fingerprint density at radius 1 is 0.938 bits per heavy atom. The second kappa shape index (κ2) is 10.1. The van der Waals surface area contributed by atoms with Crippen LogP contribution in [-0.4, -0.2) is 45.8 Å². The van der Waals surface area contributed by atoms with Gasteiger partial charge in [-0.15, -0.1) is 0 Å². The Balaban J connectivity index is 1.35. The number of halogens is 1. The lowest BCUT2D eigenvalue weighted by Gasteiger charge is -2.32. The Labute approximate surface area is 185 Å². The lowest BCUT2D eigenvalue weighted by Crippen LogP contribution is -2.44. The highest BCUT2D eigenvalue weighted by molar-refractivity contribution is 6.07. The molecule has 4 rings (SSSR count). The maximum absolute atomic E-state index is 13.9. The summed E-state index contributed by atoms with van der Waals surface area (Å²) in [6.07, 6.45) is 4.39. The number of benzene rings is 2. The van der Waals surface area contributed by atoms with Crippen molar-refractivity contribution < 1.29 is 14.0 Å². The van der Waals surface area contributed by atoms with Crippen molar-refractivity contribution in [3.05, 3.63) is 89.6 Å². The highest BCUT2D eigenvalue weighted by Gasteiger charge is 2.24. The number of amides is 2. The number of anilines is 1. The van der Waals surface area contributed by atoms with Gasteiger partial charge in [0, 0.05) is 38.1 Å². The van der Waals surface area contributed by atoms with Gasteiger partial charge in [-0.3, -0.25) is 14.5 Å². The first-order chi connectivity index (χ1) is 15.6. The van der Waals surface area contributed by atoms with Crippen molar-refractivity contribution in [1.82, 2.24) is 20.2 Å². The van der Waals surface area contributed by atoms with Crippen molar-refractivity contribution in [2.75, 3.05) is 18.4 Å². The van der Waals surface area contributed by atoms with Gasteiger partial charge in [0.05, 0.1) is 5.56 Å². The van der Waals surface area contributed by atoms with E-state index < -0.39 is 17.6 Å². The van der Waals surface area contributed by atoms with Crippen LogP contribution >= 0.6 is 0 Å². The van der Waals surface area contributed by atoms with E-state index in [2.05, 4.69) is 37.6 Å². The Kier molecular flexibility index (Phi) is 6.81. The molecule has 2 heterocycles. The zero-order valence-electron chi connectivity index (χ0n) is 17.5. The average molecular weight is 433 g/mol. The van der Waals surface area contributed by atoms with Gasteiger partial charge in [-0.05, 0) is 30.5 Å². The quantitative estimate of drug-likeness (QED) is 0.623. The molecular weight excluding hydrogens is 409 g/mol. The number of piperidine rings is 1. The molecule has 0 atom stereocenters. The Hall–Kier alpha value is -3.65. The standard InChI is InChI=1S/C24H24FN5O2/c25-20-9-5-4-8-19(20)23(31)29-22-21(26-12-13-27-22)24(32)28-18-10-14-30(15-11-18)16-17-6-2-1-3-7-17/h1-9,12-13,18H,10-11,14-16H2,(H,28,32)(H,27,29,31). The number of nitrogens with zero attached hydrogens (tertiary/aromatic N) is 3. The Morgan fingerprint density at radius 3 is 2.38 bits per heavy atom. The third-order valence-electron chi connectivity index (χ3n) is 5.44. The molecule has 8 heteroatoms. The third-order valence-corrected chi connectivity index (χ3v) is 5.44. The van der Waals surface area contributed by atoms with Crippen LogP contribution in [0, 0.1) is 5.82 Å². The first kappa shape index (κ1) is 21.6. The summed E-state index contributed by atoms with van der Waals surface area (Å²) in [4.78, 5) is 35.8.